The molecule has 0 aromatic heterocycles. The smallest absolute Gasteiger partial charge is 0.462 e. The number of allylic oxidation sites excluding steroid dienone is 4. The highest BCUT2D eigenvalue weighted by atomic mass is 31.2. The van der Waals surface area contributed by atoms with E-state index in [0.717, 1.165) is 70.6 Å². The SMILES string of the molecule is CCCCC/C=C\CCCC/C=C\CCCCCCCCC(=O)O[C@H](COC(=O)CCCCCCCCCCCCCCCCC)COP(=O)(O)O[C@H](CO)[C@@H](O)[C@H](O)[C@H](O)CO. The number of esters is 2. The molecule has 0 aliphatic rings. The second-order valence-corrected chi connectivity index (χ2v) is 18.6. The number of aliphatic hydroxyl groups excluding tert-OH is 5. The van der Waals surface area contributed by atoms with Crippen LogP contribution in [0.2, 0.25) is 0 Å². The minimum Gasteiger partial charge on any atom is -0.462 e. The van der Waals surface area contributed by atoms with Crippen molar-refractivity contribution in [3.05, 3.63) is 24.3 Å². The maximum absolute atomic E-state index is 12.8. The zero-order valence-electron chi connectivity index (χ0n) is 39.6. The summed E-state index contributed by atoms with van der Waals surface area (Å²) in [5.41, 5.74) is 0. The zero-order valence-corrected chi connectivity index (χ0v) is 40.5. The first-order valence-corrected chi connectivity index (χ1v) is 26.6. The minimum atomic E-state index is -5.06. The van der Waals surface area contributed by atoms with E-state index in [1.807, 2.05) is 0 Å². The standard InChI is InChI=1S/C49H93O13P/c1-3-5-7-9-11-13-15-17-19-20-21-22-24-26-28-30-32-34-36-38-47(54)61-43(42-60-63(57,58)62-45(40-51)49(56)48(55)44(52)39-50)41-59-46(53)37-35-33-31-29-27-25-23-18-16-14-12-10-8-6-4-2/h11,13,21-22,43-45,48-52,55-56H,3-10,12,14-20,23-42H2,1-2H3,(H,57,58)/b13-11-,22-21-/t43-,44-,45-,48-,49-/m1/s1. The minimum absolute atomic E-state index is 0.0953. The van der Waals surface area contributed by atoms with Crippen molar-refractivity contribution in [3.8, 4) is 0 Å². The highest BCUT2D eigenvalue weighted by Crippen LogP contribution is 2.45. The van der Waals surface area contributed by atoms with Crippen LogP contribution in [0.25, 0.3) is 0 Å². The summed E-state index contributed by atoms with van der Waals surface area (Å²) >= 11 is 0. The van der Waals surface area contributed by atoms with E-state index in [2.05, 4.69) is 38.2 Å². The Balaban J connectivity index is 4.64. The van der Waals surface area contributed by atoms with Crippen molar-refractivity contribution in [2.75, 3.05) is 26.4 Å². The molecule has 0 bridgehead atoms. The second kappa shape index (κ2) is 44.2. The summed E-state index contributed by atoms with van der Waals surface area (Å²) < 4.78 is 33.4. The molecule has 0 fully saturated rings. The van der Waals surface area contributed by atoms with Gasteiger partial charge in [0.2, 0.25) is 0 Å². The van der Waals surface area contributed by atoms with Gasteiger partial charge in [-0.05, 0) is 64.2 Å². The van der Waals surface area contributed by atoms with Crippen LogP contribution in [0.15, 0.2) is 24.3 Å². The lowest BCUT2D eigenvalue weighted by Crippen LogP contribution is -2.47. The fourth-order valence-electron chi connectivity index (χ4n) is 7.14. The van der Waals surface area contributed by atoms with Crippen molar-refractivity contribution >= 4 is 19.8 Å². The maximum atomic E-state index is 12.8. The van der Waals surface area contributed by atoms with E-state index < -0.39 is 76.7 Å². The lowest BCUT2D eigenvalue weighted by Gasteiger charge is -2.28. The van der Waals surface area contributed by atoms with Gasteiger partial charge in [-0.15, -0.1) is 0 Å². The molecule has 1 unspecified atom stereocenters. The number of hydrogen-bond donors (Lipinski definition) is 6. The fraction of sp³-hybridized carbons (Fsp3) is 0.878. The molecule has 63 heavy (non-hydrogen) atoms. The van der Waals surface area contributed by atoms with E-state index in [1.54, 1.807) is 0 Å². The molecule has 0 radical (unpaired) electrons. The van der Waals surface area contributed by atoms with Gasteiger partial charge in [-0.1, -0.05) is 167 Å². The van der Waals surface area contributed by atoms with E-state index in [1.165, 1.54) is 109 Å². The van der Waals surface area contributed by atoms with Crippen LogP contribution in [0.1, 0.15) is 219 Å². The van der Waals surface area contributed by atoms with Crippen LogP contribution in [-0.2, 0) is 32.7 Å². The Hall–Kier alpha value is -1.67. The molecule has 0 saturated carbocycles. The predicted octanol–water partition coefficient (Wildman–Crippen LogP) is 10.6. The van der Waals surface area contributed by atoms with Crippen LogP contribution in [0.3, 0.4) is 0 Å². The molecular formula is C49H93O13P. The van der Waals surface area contributed by atoms with Crippen molar-refractivity contribution in [3.63, 3.8) is 0 Å². The van der Waals surface area contributed by atoms with Gasteiger partial charge in [-0.3, -0.25) is 18.6 Å². The summed E-state index contributed by atoms with van der Waals surface area (Å²) in [6.45, 7) is 1.35. The van der Waals surface area contributed by atoms with Gasteiger partial charge in [0.25, 0.3) is 0 Å². The molecule has 0 aromatic rings. The van der Waals surface area contributed by atoms with Crippen LogP contribution < -0.4 is 0 Å². The molecule has 0 rings (SSSR count). The molecule has 6 N–H and O–H groups in total. The number of phosphoric acid groups is 1. The molecule has 0 aliphatic heterocycles. The lowest BCUT2D eigenvalue weighted by molar-refractivity contribution is -0.161. The Kier molecular flexibility index (Phi) is 43.0. The average molecular weight is 921 g/mol. The number of rotatable bonds is 47. The van der Waals surface area contributed by atoms with Crippen LogP contribution in [0.5, 0.6) is 0 Å². The van der Waals surface area contributed by atoms with Crippen molar-refractivity contribution < 1.29 is 63.1 Å². The van der Waals surface area contributed by atoms with Crippen molar-refractivity contribution in [1.82, 2.24) is 0 Å². The Morgan fingerprint density at radius 1 is 0.508 bits per heavy atom. The molecule has 13 nitrogen and oxygen atoms in total. The molecule has 6 atom stereocenters. The number of carbonyl (C=O) groups is 2. The highest BCUT2D eigenvalue weighted by molar-refractivity contribution is 7.47. The van der Waals surface area contributed by atoms with Crippen LogP contribution >= 0.6 is 7.82 Å². The molecule has 14 heteroatoms. The van der Waals surface area contributed by atoms with E-state index in [0.29, 0.717) is 12.8 Å². The quantitative estimate of drug-likeness (QED) is 0.0145. The number of unbranched alkanes of at least 4 members (excludes halogenated alkanes) is 26. The summed E-state index contributed by atoms with van der Waals surface area (Å²) in [5, 5.41) is 48.4. The monoisotopic (exact) mass is 921 g/mol. The van der Waals surface area contributed by atoms with Crippen molar-refractivity contribution in [2.24, 2.45) is 0 Å². The highest BCUT2D eigenvalue weighted by Gasteiger charge is 2.37. The molecule has 0 amide bonds. The van der Waals surface area contributed by atoms with E-state index in [9.17, 15) is 39.5 Å². The Morgan fingerprint density at radius 3 is 1.33 bits per heavy atom. The number of phosphoric ester groups is 1. The van der Waals surface area contributed by atoms with Gasteiger partial charge in [0.05, 0.1) is 19.8 Å². The number of ether oxygens (including phenoxy) is 2. The number of hydrogen-bond acceptors (Lipinski definition) is 12. The summed E-state index contributed by atoms with van der Waals surface area (Å²) in [6.07, 6.45) is 35.0. The Labute approximate surface area is 382 Å². The largest absolute Gasteiger partial charge is 0.472 e. The van der Waals surface area contributed by atoms with Crippen LogP contribution in [0, 0.1) is 0 Å². The summed E-state index contributed by atoms with van der Waals surface area (Å²) in [7, 11) is -5.06. The molecular weight excluding hydrogens is 828 g/mol. The lowest BCUT2D eigenvalue weighted by atomic mass is 10.0. The van der Waals surface area contributed by atoms with E-state index >= 15 is 0 Å². The zero-order chi connectivity index (χ0) is 46.7. The molecule has 0 spiro atoms. The first-order chi connectivity index (χ1) is 30.5. The average Bonchev–Trinajstić information content (AvgIpc) is 3.27. The summed E-state index contributed by atoms with van der Waals surface area (Å²) in [4.78, 5) is 35.7. The van der Waals surface area contributed by atoms with Gasteiger partial charge in [-0.2, -0.15) is 0 Å². The van der Waals surface area contributed by atoms with Gasteiger partial charge >= 0.3 is 19.8 Å². The fourth-order valence-corrected chi connectivity index (χ4v) is 8.09. The third kappa shape index (κ3) is 39.2. The topological polar surface area (TPSA) is 210 Å². The summed E-state index contributed by atoms with van der Waals surface area (Å²) in [5.74, 6) is -1.09. The molecule has 0 heterocycles. The first kappa shape index (κ1) is 61.3. The third-order valence-electron chi connectivity index (χ3n) is 11.2. The predicted molar refractivity (Wildman–Crippen MR) is 251 cm³/mol. The Bertz CT molecular complexity index is 1150. The number of aliphatic hydroxyl groups is 5. The van der Waals surface area contributed by atoms with E-state index in [4.69, 9.17) is 23.6 Å². The normalized spacial score (nSPS) is 15.4. The van der Waals surface area contributed by atoms with Crippen LogP contribution in [0.4, 0.5) is 0 Å². The molecule has 0 aromatic carbocycles. The van der Waals surface area contributed by atoms with E-state index in [-0.39, 0.29) is 12.8 Å². The second-order valence-electron chi connectivity index (χ2n) is 17.2. The van der Waals surface area contributed by atoms with Gasteiger partial charge in [0, 0.05) is 12.8 Å². The first-order valence-electron chi connectivity index (χ1n) is 25.1. The van der Waals surface area contributed by atoms with Crippen molar-refractivity contribution in [1.29, 1.82) is 0 Å². The third-order valence-corrected chi connectivity index (χ3v) is 12.2. The molecule has 0 aliphatic carbocycles. The Morgan fingerprint density at radius 2 is 0.889 bits per heavy atom. The van der Waals surface area contributed by atoms with Crippen LogP contribution in [-0.4, -0.2) is 99.3 Å². The van der Waals surface area contributed by atoms with Gasteiger partial charge in [-0.25, -0.2) is 4.57 Å². The van der Waals surface area contributed by atoms with Gasteiger partial charge in [0.15, 0.2) is 6.10 Å². The summed E-state index contributed by atoms with van der Waals surface area (Å²) in [6, 6.07) is 0. The van der Waals surface area contributed by atoms with Gasteiger partial charge < -0.3 is 39.9 Å². The van der Waals surface area contributed by atoms with Crippen molar-refractivity contribution in [2.45, 2.75) is 250 Å². The number of carbonyl (C=O) groups excluding carboxylic acids is 2. The molecule has 372 valence electrons. The molecule has 0 saturated heterocycles. The van der Waals surface area contributed by atoms with Gasteiger partial charge in [0.1, 0.15) is 31.0 Å². The maximum Gasteiger partial charge on any atom is 0.472 e.